The Morgan fingerprint density at radius 1 is 1.03 bits per heavy atom. The van der Waals surface area contributed by atoms with Crippen molar-refractivity contribution >= 4 is 11.6 Å². The lowest BCUT2D eigenvalue weighted by atomic mass is 10.1. The van der Waals surface area contributed by atoms with E-state index in [1.165, 1.54) is 0 Å². The van der Waals surface area contributed by atoms with Crippen molar-refractivity contribution in [2.75, 3.05) is 57.8 Å². The van der Waals surface area contributed by atoms with Crippen LogP contribution in [0.4, 0.5) is 18.9 Å². The van der Waals surface area contributed by atoms with Gasteiger partial charge >= 0.3 is 6.18 Å². The Morgan fingerprint density at radius 2 is 1.66 bits per heavy atom. The van der Waals surface area contributed by atoms with E-state index in [4.69, 9.17) is 4.74 Å². The lowest BCUT2D eigenvalue weighted by molar-refractivity contribution is -0.137. The van der Waals surface area contributed by atoms with Crippen molar-refractivity contribution in [3.63, 3.8) is 0 Å². The van der Waals surface area contributed by atoms with E-state index in [1.807, 2.05) is 4.90 Å². The zero-order valence-electron chi connectivity index (χ0n) is 17.0. The van der Waals surface area contributed by atoms with E-state index in [0.717, 1.165) is 82.9 Å². The summed E-state index contributed by atoms with van der Waals surface area (Å²) in [6.45, 7) is 5.71. The molecule has 8 heteroatoms. The molecule has 1 amide bonds. The number of hydrogen-bond donors (Lipinski definition) is 0. The van der Waals surface area contributed by atoms with Crippen molar-refractivity contribution < 1.29 is 22.7 Å². The number of halogens is 3. The van der Waals surface area contributed by atoms with Crippen LogP contribution in [0.2, 0.25) is 0 Å². The van der Waals surface area contributed by atoms with E-state index in [9.17, 15) is 18.0 Å². The summed E-state index contributed by atoms with van der Waals surface area (Å²) in [4.78, 5) is 18.7. The van der Waals surface area contributed by atoms with Crippen molar-refractivity contribution in [3.05, 3.63) is 29.8 Å². The number of nitrogens with zero attached hydrogens (tertiary/aromatic N) is 3. The summed E-state index contributed by atoms with van der Waals surface area (Å²) in [7, 11) is 1.72. The minimum atomic E-state index is -4.30. The molecule has 1 aromatic rings. The molecule has 0 spiro atoms. The van der Waals surface area contributed by atoms with Crippen LogP contribution in [-0.4, -0.2) is 74.7 Å². The van der Waals surface area contributed by atoms with Crippen molar-refractivity contribution in [1.82, 2.24) is 9.80 Å². The molecule has 0 atom stereocenters. The first-order valence-electron chi connectivity index (χ1n) is 10.3. The maximum atomic E-state index is 12.7. The van der Waals surface area contributed by atoms with Gasteiger partial charge in [0.2, 0.25) is 5.91 Å². The predicted molar refractivity (Wildman–Crippen MR) is 106 cm³/mol. The molecule has 2 heterocycles. The normalized spacial score (nSPS) is 19.6. The smallest absolute Gasteiger partial charge is 0.381 e. The third kappa shape index (κ3) is 6.09. The number of hydrogen-bond acceptors (Lipinski definition) is 4. The molecule has 0 unspecified atom stereocenters. The summed E-state index contributed by atoms with van der Waals surface area (Å²) in [5.41, 5.74) is 0.211. The minimum Gasteiger partial charge on any atom is -0.381 e. The highest BCUT2D eigenvalue weighted by molar-refractivity contribution is 5.76. The van der Waals surface area contributed by atoms with E-state index in [1.54, 1.807) is 19.2 Å². The Labute approximate surface area is 170 Å². The molecule has 2 fully saturated rings. The van der Waals surface area contributed by atoms with Gasteiger partial charge in [-0.3, -0.25) is 9.69 Å². The SMILES string of the molecule is COC1CCN(C(=O)CCCN2CCN(c3ccc(C(F)(F)F)cc3)CC2)CC1. The number of carbonyl (C=O) groups excluding carboxylic acids is 1. The average Bonchev–Trinajstić information content (AvgIpc) is 2.74. The summed E-state index contributed by atoms with van der Waals surface area (Å²) in [5, 5.41) is 0. The molecule has 0 saturated carbocycles. The second-order valence-corrected chi connectivity index (χ2v) is 7.79. The standard InChI is InChI=1S/C21H30F3N3O2/c1-29-19-8-11-27(12-9-19)20(28)3-2-10-25-13-15-26(16-14-25)18-6-4-17(5-7-18)21(22,23)24/h4-7,19H,2-3,8-16H2,1H3. The van der Waals surface area contributed by atoms with Crippen LogP contribution in [0.5, 0.6) is 0 Å². The van der Waals surface area contributed by atoms with Crippen LogP contribution in [0.1, 0.15) is 31.2 Å². The van der Waals surface area contributed by atoms with Crippen LogP contribution in [0.3, 0.4) is 0 Å². The van der Waals surface area contributed by atoms with Gasteiger partial charge in [0.25, 0.3) is 0 Å². The molecule has 0 bridgehead atoms. The predicted octanol–water partition coefficient (Wildman–Crippen LogP) is 3.25. The first-order chi connectivity index (χ1) is 13.9. The quantitative estimate of drug-likeness (QED) is 0.718. The third-order valence-corrected chi connectivity index (χ3v) is 5.93. The van der Waals surface area contributed by atoms with Gasteiger partial charge in [0.15, 0.2) is 0 Å². The molecule has 0 N–H and O–H groups in total. The number of piperidine rings is 1. The molecule has 2 aliphatic rings. The van der Waals surface area contributed by atoms with Gasteiger partial charge in [0.05, 0.1) is 11.7 Å². The fraction of sp³-hybridized carbons (Fsp3) is 0.667. The fourth-order valence-electron chi connectivity index (χ4n) is 4.04. The van der Waals surface area contributed by atoms with E-state index < -0.39 is 11.7 Å². The van der Waals surface area contributed by atoms with Crippen LogP contribution < -0.4 is 4.90 Å². The second-order valence-electron chi connectivity index (χ2n) is 7.79. The number of likely N-dealkylation sites (tertiary alicyclic amines) is 1. The highest BCUT2D eigenvalue weighted by atomic mass is 19.4. The Kier molecular flexibility index (Phi) is 7.40. The fourth-order valence-corrected chi connectivity index (χ4v) is 4.04. The van der Waals surface area contributed by atoms with Crippen LogP contribution in [0.15, 0.2) is 24.3 Å². The van der Waals surface area contributed by atoms with Crippen LogP contribution in [-0.2, 0) is 15.7 Å². The van der Waals surface area contributed by atoms with Crippen LogP contribution in [0.25, 0.3) is 0 Å². The number of ether oxygens (including phenoxy) is 1. The molecule has 162 valence electrons. The molecule has 29 heavy (non-hydrogen) atoms. The van der Waals surface area contributed by atoms with Gasteiger partial charge in [-0.1, -0.05) is 0 Å². The molecule has 0 radical (unpaired) electrons. The lowest BCUT2D eigenvalue weighted by Gasteiger charge is -2.36. The first kappa shape index (κ1) is 21.9. The summed E-state index contributed by atoms with van der Waals surface area (Å²) in [6.07, 6.45) is -0.795. The molecule has 0 aliphatic carbocycles. The molecule has 2 saturated heterocycles. The topological polar surface area (TPSA) is 36.0 Å². The molecular formula is C21H30F3N3O2. The largest absolute Gasteiger partial charge is 0.416 e. The van der Waals surface area contributed by atoms with Crippen LogP contribution in [0, 0.1) is 0 Å². The van der Waals surface area contributed by atoms with E-state index in [-0.39, 0.29) is 12.0 Å². The zero-order valence-corrected chi connectivity index (χ0v) is 17.0. The number of rotatable bonds is 6. The van der Waals surface area contributed by atoms with Gasteiger partial charge in [-0.05, 0) is 50.1 Å². The molecule has 0 aromatic heterocycles. The maximum absolute atomic E-state index is 12.7. The summed E-state index contributed by atoms with van der Waals surface area (Å²) >= 11 is 0. The number of anilines is 1. The zero-order chi connectivity index (χ0) is 20.9. The van der Waals surface area contributed by atoms with E-state index in [2.05, 4.69) is 9.80 Å². The van der Waals surface area contributed by atoms with Crippen molar-refractivity contribution in [3.8, 4) is 0 Å². The number of methoxy groups -OCH3 is 1. The van der Waals surface area contributed by atoms with Crippen molar-refractivity contribution in [2.45, 2.75) is 38.0 Å². The van der Waals surface area contributed by atoms with Gasteiger partial charge in [0.1, 0.15) is 0 Å². The maximum Gasteiger partial charge on any atom is 0.416 e. The molecule has 2 aliphatic heterocycles. The van der Waals surface area contributed by atoms with E-state index >= 15 is 0 Å². The Hall–Kier alpha value is -1.80. The van der Waals surface area contributed by atoms with Gasteiger partial charge in [-0.15, -0.1) is 0 Å². The Bertz CT molecular complexity index is 650. The highest BCUT2D eigenvalue weighted by Crippen LogP contribution is 2.30. The van der Waals surface area contributed by atoms with Crippen molar-refractivity contribution in [1.29, 1.82) is 0 Å². The Balaban J connectivity index is 1.35. The first-order valence-corrected chi connectivity index (χ1v) is 10.3. The molecule has 5 nitrogen and oxygen atoms in total. The molecular weight excluding hydrogens is 383 g/mol. The Morgan fingerprint density at radius 3 is 2.21 bits per heavy atom. The lowest BCUT2D eigenvalue weighted by Crippen LogP contribution is -2.47. The van der Waals surface area contributed by atoms with Gasteiger partial charge in [-0.25, -0.2) is 0 Å². The van der Waals surface area contributed by atoms with Crippen molar-refractivity contribution in [2.24, 2.45) is 0 Å². The number of alkyl halides is 3. The second kappa shape index (κ2) is 9.80. The van der Waals surface area contributed by atoms with Gasteiger partial charge < -0.3 is 14.5 Å². The molecule has 3 rings (SSSR count). The summed E-state index contributed by atoms with van der Waals surface area (Å²) in [6, 6.07) is 5.37. The number of amides is 1. The summed E-state index contributed by atoms with van der Waals surface area (Å²) in [5.74, 6) is 0.225. The van der Waals surface area contributed by atoms with Gasteiger partial charge in [0, 0.05) is 58.5 Å². The number of benzene rings is 1. The third-order valence-electron chi connectivity index (χ3n) is 5.93. The molecule has 1 aromatic carbocycles. The highest BCUT2D eigenvalue weighted by Gasteiger charge is 2.30. The number of piperazine rings is 1. The number of carbonyl (C=O) groups is 1. The minimum absolute atomic E-state index is 0.225. The van der Waals surface area contributed by atoms with Gasteiger partial charge in [-0.2, -0.15) is 13.2 Å². The average molecular weight is 413 g/mol. The monoisotopic (exact) mass is 413 g/mol. The van der Waals surface area contributed by atoms with E-state index in [0.29, 0.717) is 6.42 Å². The summed E-state index contributed by atoms with van der Waals surface area (Å²) < 4.78 is 43.4. The van der Waals surface area contributed by atoms with Crippen LogP contribution >= 0.6 is 0 Å².